The Morgan fingerprint density at radius 3 is 2.32 bits per heavy atom. The molecule has 2 amide bonds. The van der Waals surface area contributed by atoms with Gasteiger partial charge in [0.25, 0.3) is 0 Å². The second-order valence-electron chi connectivity index (χ2n) is 5.54. The maximum Gasteiger partial charge on any atom is 0.313 e. The maximum absolute atomic E-state index is 13.6. The van der Waals surface area contributed by atoms with Crippen LogP contribution in [-0.4, -0.2) is 29.6 Å². The lowest BCUT2D eigenvalue weighted by Crippen LogP contribution is -2.40. The van der Waals surface area contributed by atoms with Gasteiger partial charge in [-0.1, -0.05) is 12.1 Å². The minimum Gasteiger partial charge on any atom is -0.396 e. The number of anilines is 1. The van der Waals surface area contributed by atoms with Gasteiger partial charge in [0, 0.05) is 23.9 Å². The minimum atomic E-state index is -0.917. The lowest BCUT2D eigenvalue weighted by molar-refractivity contribution is -0.136. The van der Waals surface area contributed by atoms with Crippen molar-refractivity contribution in [1.29, 1.82) is 0 Å². The quantitative estimate of drug-likeness (QED) is 0.727. The average Bonchev–Trinajstić information content (AvgIpc) is 2.57. The zero-order valence-corrected chi connectivity index (χ0v) is 13.6. The van der Waals surface area contributed by atoms with Crippen LogP contribution in [0.4, 0.5) is 14.5 Å². The lowest BCUT2D eigenvalue weighted by atomic mass is 10.0. The summed E-state index contributed by atoms with van der Waals surface area (Å²) in [5.74, 6) is -2.75. The van der Waals surface area contributed by atoms with E-state index in [-0.39, 0.29) is 18.3 Å². The van der Waals surface area contributed by atoms with Crippen LogP contribution >= 0.6 is 0 Å². The number of hydrogen-bond donors (Lipinski definition) is 3. The summed E-state index contributed by atoms with van der Waals surface area (Å²) in [6, 6.07) is 8.63. The molecule has 0 aromatic heterocycles. The lowest BCUT2D eigenvalue weighted by Gasteiger charge is -2.14. The summed E-state index contributed by atoms with van der Waals surface area (Å²) in [4.78, 5) is 23.9. The molecule has 5 nitrogen and oxygen atoms in total. The second-order valence-corrected chi connectivity index (χ2v) is 5.54. The molecule has 0 aliphatic heterocycles. The molecule has 2 aromatic carbocycles. The van der Waals surface area contributed by atoms with E-state index < -0.39 is 23.4 Å². The molecule has 0 aliphatic rings. The molecule has 0 saturated carbocycles. The molecular formula is C18H18F2N2O3. The van der Waals surface area contributed by atoms with Crippen LogP contribution in [0.2, 0.25) is 0 Å². The van der Waals surface area contributed by atoms with E-state index in [1.165, 1.54) is 36.4 Å². The van der Waals surface area contributed by atoms with E-state index in [1.807, 2.05) is 0 Å². The van der Waals surface area contributed by atoms with Crippen LogP contribution in [0.5, 0.6) is 0 Å². The van der Waals surface area contributed by atoms with Crippen molar-refractivity contribution < 1.29 is 23.5 Å². The number of amides is 2. The van der Waals surface area contributed by atoms with Crippen LogP contribution in [-0.2, 0) is 9.59 Å². The number of rotatable bonds is 5. The van der Waals surface area contributed by atoms with Crippen molar-refractivity contribution in [1.82, 2.24) is 5.32 Å². The Morgan fingerprint density at radius 1 is 1.04 bits per heavy atom. The van der Waals surface area contributed by atoms with E-state index in [4.69, 9.17) is 5.11 Å². The Balaban J connectivity index is 2.20. The topological polar surface area (TPSA) is 78.4 Å². The predicted octanol–water partition coefficient (Wildman–Crippen LogP) is 2.46. The Labute approximate surface area is 143 Å². The number of carbonyl (C=O) groups is 2. The molecule has 0 unspecified atom stereocenters. The third-order valence-electron chi connectivity index (χ3n) is 3.53. The van der Waals surface area contributed by atoms with Crippen molar-refractivity contribution in [2.45, 2.75) is 19.4 Å². The highest BCUT2D eigenvalue weighted by Gasteiger charge is 2.18. The van der Waals surface area contributed by atoms with Crippen molar-refractivity contribution in [2.75, 3.05) is 11.9 Å². The van der Waals surface area contributed by atoms with Gasteiger partial charge in [-0.3, -0.25) is 9.59 Å². The van der Waals surface area contributed by atoms with Gasteiger partial charge in [-0.15, -0.1) is 0 Å². The highest BCUT2D eigenvalue weighted by atomic mass is 19.1. The highest BCUT2D eigenvalue weighted by molar-refractivity contribution is 6.40. The molecule has 0 aliphatic carbocycles. The molecule has 132 valence electrons. The van der Waals surface area contributed by atoms with Crippen molar-refractivity contribution in [2.24, 2.45) is 0 Å². The number of aliphatic hydroxyl groups excluding tert-OH is 1. The first-order valence-electron chi connectivity index (χ1n) is 7.69. The molecule has 0 fully saturated rings. The van der Waals surface area contributed by atoms with Gasteiger partial charge in [0.1, 0.15) is 11.6 Å². The van der Waals surface area contributed by atoms with Gasteiger partial charge in [0.05, 0.1) is 0 Å². The molecule has 1 atom stereocenters. The van der Waals surface area contributed by atoms with Gasteiger partial charge in [0.2, 0.25) is 0 Å². The third kappa shape index (κ3) is 5.09. The molecule has 0 heterocycles. The van der Waals surface area contributed by atoms with Crippen molar-refractivity contribution >= 4 is 17.5 Å². The summed E-state index contributed by atoms with van der Waals surface area (Å²) < 4.78 is 26.6. The third-order valence-corrected chi connectivity index (χ3v) is 3.53. The van der Waals surface area contributed by atoms with Crippen LogP contribution in [0, 0.1) is 11.6 Å². The summed E-state index contributed by atoms with van der Waals surface area (Å²) in [6.07, 6.45) is 0.316. The Bertz CT molecular complexity index is 763. The smallest absolute Gasteiger partial charge is 0.313 e. The number of hydrogen-bond acceptors (Lipinski definition) is 3. The predicted molar refractivity (Wildman–Crippen MR) is 89.7 cm³/mol. The Morgan fingerprint density at radius 2 is 1.68 bits per heavy atom. The fraction of sp³-hybridized carbons (Fsp3) is 0.222. The van der Waals surface area contributed by atoms with Gasteiger partial charge in [-0.05, 0) is 49.2 Å². The number of aliphatic hydroxyl groups is 1. The van der Waals surface area contributed by atoms with Crippen LogP contribution in [0.25, 0.3) is 11.1 Å². The van der Waals surface area contributed by atoms with Gasteiger partial charge in [-0.2, -0.15) is 0 Å². The van der Waals surface area contributed by atoms with Crippen LogP contribution in [0.15, 0.2) is 42.5 Å². The zero-order chi connectivity index (χ0) is 18.4. The zero-order valence-electron chi connectivity index (χ0n) is 13.6. The van der Waals surface area contributed by atoms with Gasteiger partial charge < -0.3 is 15.7 Å². The van der Waals surface area contributed by atoms with E-state index in [0.29, 0.717) is 17.5 Å². The normalized spacial score (nSPS) is 11.7. The molecule has 25 heavy (non-hydrogen) atoms. The van der Waals surface area contributed by atoms with Crippen LogP contribution in [0.3, 0.4) is 0 Å². The van der Waals surface area contributed by atoms with Gasteiger partial charge in [0.15, 0.2) is 0 Å². The summed E-state index contributed by atoms with van der Waals surface area (Å²) in [5, 5.41) is 13.7. The summed E-state index contributed by atoms with van der Waals surface area (Å²) in [5.41, 5.74) is 1.04. The summed E-state index contributed by atoms with van der Waals surface area (Å²) >= 11 is 0. The van der Waals surface area contributed by atoms with Crippen LogP contribution < -0.4 is 10.6 Å². The summed E-state index contributed by atoms with van der Waals surface area (Å²) in [7, 11) is 0. The van der Waals surface area contributed by atoms with Crippen molar-refractivity contribution in [3.8, 4) is 11.1 Å². The standard InChI is InChI=1S/C18H18F2N2O3/c1-11(8-9-23)21-17(24)18(25)22-16-7-6-14(20)10-15(16)12-2-4-13(19)5-3-12/h2-7,10-11,23H,8-9H2,1H3,(H,21,24)(H,22,25)/t11-/m1/s1. The fourth-order valence-electron chi connectivity index (χ4n) is 2.23. The second kappa shape index (κ2) is 8.34. The molecular weight excluding hydrogens is 330 g/mol. The first-order valence-corrected chi connectivity index (χ1v) is 7.69. The van der Waals surface area contributed by atoms with Crippen LogP contribution in [0.1, 0.15) is 13.3 Å². The van der Waals surface area contributed by atoms with Crippen molar-refractivity contribution in [3.05, 3.63) is 54.1 Å². The fourth-order valence-corrected chi connectivity index (χ4v) is 2.23. The number of nitrogens with one attached hydrogen (secondary N) is 2. The molecule has 7 heteroatoms. The van der Waals surface area contributed by atoms with E-state index in [9.17, 15) is 18.4 Å². The van der Waals surface area contributed by atoms with E-state index >= 15 is 0 Å². The SMILES string of the molecule is C[C@H](CCO)NC(=O)C(=O)Nc1ccc(F)cc1-c1ccc(F)cc1. The number of halogens is 2. The van der Waals surface area contributed by atoms with E-state index in [1.54, 1.807) is 6.92 Å². The first kappa shape index (κ1) is 18.5. The minimum absolute atomic E-state index is 0.115. The molecule has 0 radical (unpaired) electrons. The molecule has 2 rings (SSSR count). The van der Waals surface area contributed by atoms with E-state index in [0.717, 1.165) is 6.07 Å². The largest absolute Gasteiger partial charge is 0.396 e. The number of carbonyl (C=O) groups excluding carboxylic acids is 2. The highest BCUT2D eigenvalue weighted by Crippen LogP contribution is 2.29. The Kier molecular flexibility index (Phi) is 6.19. The molecule has 2 aromatic rings. The average molecular weight is 348 g/mol. The van der Waals surface area contributed by atoms with Crippen molar-refractivity contribution in [3.63, 3.8) is 0 Å². The van der Waals surface area contributed by atoms with E-state index in [2.05, 4.69) is 10.6 Å². The van der Waals surface area contributed by atoms with Gasteiger partial charge >= 0.3 is 11.8 Å². The summed E-state index contributed by atoms with van der Waals surface area (Å²) in [6.45, 7) is 1.54. The molecule has 0 spiro atoms. The Hall–Kier alpha value is -2.80. The first-order chi connectivity index (χ1) is 11.9. The monoisotopic (exact) mass is 348 g/mol. The molecule has 0 bridgehead atoms. The maximum atomic E-state index is 13.6. The van der Waals surface area contributed by atoms with Gasteiger partial charge in [-0.25, -0.2) is 8.78 Å². The molecule has 3 N–H and O–H groups in total. The number of benzene rings is 2. The molecule has 0 saturated heterocycles.